The van der Waals surface area contributed by atoms with Crippen LogP contribution in [0.25, 0.3) is 0 Å². The van der Waals surface area contributed by atoms with Gasteiger partial charge in [-0.2, -0.15) is 5.06 Å². The average molecular weight is 445 g/mol. The molecule has 1 aromatic heterocycles. The van der Waals surface area contributed by atoms with Crippen molar-refractivity contribution >= 4 is 29.1 Å². The Morgan fingerprint density at radius 3 is 2.63 bits per heavy atom. The molecule has 30 heavy (non-hydrogen) atoms. The first-order valence-corrected chi connectivity index (χ1v) is 10.8. The van der Waals surface area contributed by atoms with Gasteiger partial charge in [-0.25, -0.2) is 4.98 Å². The highest BCUT2D eigenvalue weighted by Gasteiger charge is 2.46. The minimum atomic E-state index is -0.389. The lowest BCUT2D eigenvalue weighted by Gasteiger charge is -2.35. The van der Waals surface area contributed by atoms with Crippen LogP contribution in [-0.2, 0) is 16.9 Å². The van der Waals surface area contributed by atoms with E-state index in [4.69, 9.17) is 16.4 Å². The van der Waals surface area contributed by atoms with Crippen LogP contribution in [0.2, 0.25) is 5.02 Å². The van der Waals surface area contributed by atoms with E-state index in [9.17, 15) is 10.1 Å². The number of imidazole rings is 1. The van der Waals surface area contributed by atoms with E-state index < -0.39 is 0 Å². The lowest BCUT2D eigenvalue weighted by molar-refractivity contribution is -0.384. The fourth-order valence-electron chi connectivity index (χ4n) is 3.81. The predicted octanol–water partition coefficient (Wildman–Crippen LogP) is 4.77. The Labute approximate surface area is 183 Å². The van der Waals surface area contributed by atoms with Gasteiger partial charge < -0.3 is 4.57 Å². The van der Waals surface area contributed by atoms with Gasteiger partial charge in [0.2, 0.25) is 0 Å². The van der Waals surface area contributed by atoms with Crippen LogP contribution < -0.4 is 0 Å². The standard InChI is InChI=1S/C21H21ClN4O3S/c1-24-21(14-25-11-10-23-15-25,16-2-4-17(22)5-3-16)12-19(29-24)13-30-20-8-6-18(7-9-20)26(27)28/h2-11,15,19H,12-14H2,1H3. The second-order valence-corrected chi connectivity index (χ2v) is 8.79. The molecule has 0 bridgehead atoms. The SMILES string of the molecule is CN1OC(CSc2ccc([N+](=O)[O-])cc2)CC1(Cn1ccnc1)c1ccc(Cl)cc1. The molecule has 3 aromatic rings. The van der Waals surface area contributed by atoms with Gasteiger partial charge in [-0.15, -0.1) is 11.8 Å². The Morgan fingerprint density at radius 2 is 2.00 bits per heavy atom. The summed E-state index contributed by atoms with van der Waals surface area (Å²) in [6, 6.07) is 14.5. The summed E-state index contributed by atoms with van der Waals surface area (Å²) in [6.07, 6.45) is 6.32. The van der Waals surface area contributed by atoms with E-state index in [1.54, 1.807) is 30.1 Å². The summed E-state index contributed by atoms with van der Waals surface area (Å²) in [6.45, 7) is 0.698. The molecule has 0 radical (unpaired) electrons. The van der Waals surface area contributed by atoms with Gasteiger partial charge in [0.25, 0.3) is 5.69 Å². The quantitative estimate of drug-likeness (QED) is 0.297. The lowest BCUT2D eigenvalue weighted by Crippen LogP contribution is -2.41. The molecule has 1 aliphatic heterocycles. The number of nitro benzene ring substituents is 1. The van der Waals surface area contributed by atoms with Crippen LogP contribution in [0, 0.1) is 10.1 Å². The molecule has 2 atom stereocenters. The highest BCUT2D eigenvalue weighted by atomic mass is 35.5. The maximum Gasteiger partial charge on any atom is 0.269 e. The predicted molar refractivity (Wildman–Crippen MR) is 116 cm³/mol. The molecule has 7 nitrogen and oxygen atoms in total. The largest absolute Gasteiger partial charge is 0.335 e. The van der Waals surface area contributed by atoms with Gasteiger partial charge >= 0.3 is 0 Å². The normalized spacial score (nSPS) is 21.7. The molecular formula is C21H21ClN4O3S. The number of rotatable bonds is 7. The van der Waals surface area contributed by atoms with Crippen LogP contribution >= 0.6 is 23.4 Å². The summed E-state index contributed by atoms with van der Waals surface area (Å²) in [5.41, 5.74) is 0.871. The second kappa shape index (κ2) is 8.77. The number of nitro groups is 1. The van der Waals surface area contributed by atoms with Gasteiger partial charge in [0.15, 0.2) is 0 Å². The van der Waals surface area contributed by atoms with Crippen LogP contribution in [0.5, 0.6) is 0 Å². The Kier molecular flexibility index (Phi) is 6.10. The van der Waals surface area contributed by atoms with Crippen molar-refractivity contribution in [1.82, 2.24) is 14.6 Å². The molecule has 1 saturated heterocycles. The third-order valence-corrected chi connectivity index (χ3v) is 6.74. The molecule has 156 valence electrons. The molecule has 0 N–H and O–H groups in total. The molecule has 1 fully saturated rings. The number of benzene rings is 2. The fraction of sp³-hybridized carbons (Fsp3) is 0.286. The monoisotopic (exact) mass is 444 g/mol. The molecule has 9 heteroatoms. The van der Waals surface area contributed by atoms with E-state index in [0.717, 1.165) is 22.6 Å². The first-order chi connectivity index (χ1) is 14.5. The molecule has 2 unspecified atom stereocenters. The van der Waals surface area contributed by atoms with Crippen molar-refractivity contribution in [3.05, 3.63) is 88.0 Å². The number of hydrogen-bond donors (Lipinski definition) is 0. The zero-order valence-corrected chi connectivity index (χ0v) is 17.9. The molecule has 0 aliphatic carbocycles. The van der Waals surface area contributed by atoms with Gasteiger partial charge in [0.1, 0.15) is 0 Å². The highest BCUT2D eigenvalue weighted by Crippen LogP contribution is 2.42. The van der Waals surface area contributed by atoms with E-state index in [-0.39, 0.29) is 22.3 Å². The van der Waals surface area contributed by atoms with E-state index in [1.807, 2.05) is 48.9 Å². The van der Waals surface area contributed by atoms with Crippen LogP contribution in [0.1, 0.15) is 12.0 Å². The summed E-state index contributed by atoms with van der Waals surface area (Å²) in [5, 5.41) is 13.5. The summed E-state index contributed by atoms with van der Waals surface area (Å²) >= 11 is 7.75. The van der Waals surface area contributed by atoms with E-state index in [1.165, 1.54) is 12.1 Å². The van der Waals surface area contributed by atoms with Crippen molar-refractivity contribution in [3.63, 3.8) is 0 Å². The van der Waals surface area contributed by atoms with Crippen molar-refractivity contribution in [2.75, 3.05) is 12.8 Å². The topological polar surface area (TPSA) is 73.4 Å². The van der Waals surface area contributed by atoms with E-state index in [2.05, 4.69) is 9.55 Å². The van der Waals surface area contributed by atoms with Crippen molar-refractivity contribution in [2.24, 2.45) is 0 Å². The average Bonchev–Trinajstić information content (AvgIpc) is 3.36. The van der Waals surface area contributed by atoms with Crippen molar-refractivity contribution in [1.29, 1.82) is 0 Å². The first-order valence-electron chi connectivity index (χ1n) is 9.46. The first kappa shape index (κ1) is 20.9. The number of hydroxylamine groups is 2. The van der Waals surface area contributed by atoms with Crippen LogP contribution in [0.4, 0.5) is 5.69 Å². The summed E-state index contributed by atoms with van der Waals surface area (Å²) in [5.74, 6) is 0.738. The molecule has 2 heterocycles. The van der Waals surface area contributed by atoms with Gasteiger partial charge in [0, 0.05) is 60.2 Å². The van der Waals surface area contributed by atoms with E-state index in [0.29, 0.717) is 11.6 Å². The van der Waals surface area contributed by atoms with Gasteiger partial charge in [0.05, 0.1) is 22.9 Å². The number of thioether (sulfide) groups is 1. The summed E-state index contributed by atoms with van der Waals surface area (Å²) in [7, 11) is 1.96. The maximum atomic E-state index is 10.8. The van der Waals surface area contributed by atoms with Gasteiger partial charge in [-0.1, -0.05) is 23.7 Å². The molecule has 2 aromatic carbocycles. The van der Waals surface area contributed by atoms with E-state index >= 15 is 0 Å². The van der Waals surface area contributed by atoms with Gasteiger partial charge in [-0.3, -0.25) is 15.0 Å². The smallest absolute Gasteiger partial charge is 0.269 e. The molecule has 0 saturated carbocycles. The highest BCUT2D eigenvalue weighted by molar-refractivity contribution is 7.99. The Morgan fingerprint density at radius 1 is 1.27 bits per heavy atom. The Bertz CT molecular complexity index is 998. The number of non-ortho nitro benzene ring substituents is 1. The van der Waals surface area contributed by atoms with Crippen LogP contribution in [-0.4, -0.2) is 38.4 Å². The summed E-state index contributed by atoms with van der Waals surface area (Å²) < 4.78 is 2.06. The zero-order chi connectivity index (χ0) is 21.1. The van der Waals surface area contributed by atoms with Crippen molar-refractivity contribution in [2.45, 2.75) is 29.5 Å². The Balaban J connectivity index is 1.51. The minimum absolute atomic E-state index is 0.00519. The van der Waals surface area contributed by atoms with Crippen molar-refractivity contribution in [3.8, 4) is 0 Å². The number of nitrogens with zero attached hydrogens (tertiary/aromatic N) is 4. The second-order valence-electron chi connectivity index (χ2n) is 7.26. The summed E-state index contributed by atoms with van der Waals surface area (Å²) in [4.78, 5) is 21.8. The maximum absolute atomic E-state index is 10.8. The molecule has 0 spiro atoms. The third kappa shape index (κ3) is 4.37. The number of likely N-dealkylation sites (N-methyl/N-ethyl adjacent to an activating group) is 1. The fourth-order valence-corrected chi connectivity index (χ4v) is 4.82. The number of hydrogen-bond acceptors (Lipinski definition) is 6. The van der Waals surface area contributed by atoms with Crippen molar-refractivity contribution < 1.29 is 9.76 Å². The van der Waals surface area contributed by atoms with Crippen LogP contribution in [0.3, 0.4) is 0 Å². The van der Waals surface area contributed by atoms with Gasteiger partial charge in [-0.05, 0) is 29.8 Å². The third-order valence-electron chi connectivity index (χ3n) is 5.34. The lowest BCUT2D eigenvalue weighted by atomic mass is 9.85. The zero-order valence-electron chi connectivity index (χ0n) is 16.3. The molecule has 4 rings (SSSR count). The van der Waals surface area contributed by atoms with Crippen LogP contribution in [0.15, 0.2) is 72.1 Å². The number of aromatic nitrogens is 2. The molecule has 0 amide bonds. The Hall–Kier alpha value is -2.39. The minimum Gasteiger partial charge on any atom is -0.335 e. The molecular weight excluding hydrogens is 424 g/mol. The molecule has 1 aliphatic rings. The number of halogens is 1.